The van der Waals surface area contributed by atoms with E-state index in [9.17, 15) is 0 Å². The second-order valence-electron chi connectivity index (χ2n) is 5.05. The van der Waals surface area contributed by atoms with Gasteiger partial charge < -0.3 is 5.32 Å². The zero-order valence-corrected chi connectivity index (χ0v) is 10.0. The third-order valence-corrected chi connectivity index (χ3v) is 3.14. The van der Waals surface area contributed by atoms with Gasteiger partial charge in [-0.1, -0.05) is 25.4 Å². The molecule has 0 aromatic carbocycles. The van der Waals surface area contributed by atoms with Crippen LogP contribution in [-0.2, 0) is 6.42 Å². The second-order valence-corrected chi connectivity index (χ2v) is 5.44. The number of halogens is 1. The zero-order valence-electron chi connectivity index (χ0n) is 9.29. The Kier molecular flexibility index (Phi) is 1.92. The third-order valence-electron chi connectivity index (χ3n) is 2.96. The number of hydrogen-bond donors (Lipinski definition) is 1. The smallest absolute Gasteiger partial charge is 0.156 e. The molecule has 0 radical (unpaired) electrons. The van der Waals surface area contributed by atoms with Gasteiger partial charge in [-0.15, -0.1) is 0 Å². The minimum Gasteiger partial charge on any atom is -0.382 e. The summed E-state index contributed by atoms with van der Waals surface area (Å²) in [4.78, 5) is 4.32. The molecule has 4 nitrogen and oxygen atoms in total. The first-order valence-corrected chi connectivity index (χ1v) is 5.70. The molecule has 0 amide bonds. The third kappa shape index (κ3) is 1.45. The molecule has 84 valence electrons. The fourth-order valence-corrected chi connectivity index (χ4v) is 2.29. The van der Waals surface area contributed by atoms with Crippen molar-refractivity contribution in [3.05, 3.63) is 23.1 Å². The summed E-state index contributed by atoms with van der Waals surface area (Å²) in [6.07, 6.45) is 2.84. The molecule has 2 aromatic heterocycles. The standard InChI is InChI=1S/C11H13ClN4/c1-11(2)4-8-7(14-6-11)5-13-10-3-9(12)15-16(8)10/h3,5,14H,4,6H2,1-2H3. The Morgan fingerprint density at radius 1 is 1.50 bits per heavy atom. The van der Waals surface area contributed by atoms with Crippen molar-refractivity contribution in [3.8, 4) is 0 Å². The molecule has 2 aromatic rings. The van der Waals surface area contributed by atoms with Crippen molar-refractivity contribution in [1.82, 2.24) is 14.6 Å². The van der Waals surface area contributed by atoms with E-state index in [1.54, 1.807) is 6.07 Å². The Hall–Kier alpha value is -1.29. The average molecular weight is 237 g/mol. The molecule has 3 rings (SSSR count). The molecule has 5 heteroatoms. The Balaban J connectivity index is 2.24. The number of hydrogen-bond acceptors (Lipinski definition) is 3. The molecule has 0 unspecified atom stereocenters. The molecular formula is C11H13ClN4. The highest BCUT2D eigenvalue weighted by Crippen LogP contribution is 2.31. The van der Waals surface area contributed by atoms with Crippen LogP contribution in [0.15, 0.2) is 12.3 Å². The lowest BCUT2D eigenvalue weighted by Gasteiger charge is -2.32. The van der Waals surface area contributed by atoms with Crippen molar-refractivity contribution < 1.29 is 0 Å². The highest BCUT2D eigenvalue weighted by atomic mass is 35.5. The maximum Gasteiger partial charge on any atom is 0.156 e. The summed E-state index contributed by atoms with van der Waals surface area (Å²) < 4.78 is 1.84. The topological polar surface area (TPSA) is 42.2 Å². The van der Waals surface area contributed by atoms with E-state index in [-0.39, 0.29) is 5.41 Å². The highest BCUT2D eigenvalue weighted by Gasteiger charge is 2.27. The fourth-order valence-electron chi connectivity index (χ4n) is 2.12. The van der Waals surface area contributed by atoms with Crippen LogP contribution in [0.4, 0.5) is 5.69 Å². The molecule has 0 spiro atoms. The lowest BCUT2D eigenvalue weighted by atomic mass is 9.84. The molecule has 0 bridgehead atoms. The maximum absolute atomic E-state index is 5.90. The van der Waals surface area contributed by atoms with Crippen molar-refractivity contribution in [2.24, 2.45) is 5.41 Å². The van der Waals surface area contributed by atoms with Crippen molar-refractivity contribution in [1.29, 1.82) is 0 Å². The highest BCUT2D eigenvalue weighted by molar-refractivity contribution is 6.29. The molecule has 0 fully saturated rings. The van der Waals surface area contributed by atoms with Gasteiger partial charge >= 0.3 is 0 Å². The van der Waals surface area contributed by atoms with Gasteiger partial charge in [-0.05, 0) is 11.8 Å². The Morgan fingerprint density at radius 2 is 2.31 bits per heavy atom. The van der Waals surface area contributed by atoms with Crippen LogP contribution in [0.5, 0.6) is 0 Å². The number of rotatable bonds is 0. The van der Waals surface area contributed by atoms with Crippen LogP contribution >= 0.6 is 11.6 Å². The quantitative estimate of drug-likeness (QED) is 0.764. The van der Waals surface area contributed by atoms with Crippen LogP contribution in [0.25, 0.3) is 5.65 Å². The van der Waals surface area contributed by atoms with Gasteiger partial charge in [0, 0.05) is 12.6 Å². The van der Waals surface area contributed by atoms with E-state index >= 15 is 0 Å². The van der Waals surface area contributed by atoms with E-state index in [2.05, 4.69) is 29.2 Å². The van der Waals surface area contributed by atoms with Gasteiger partial charge in [-0.3, -0.25) is 0 Å². The summed E-state index contributed by atoms with van der Waals surface area (Å²) in [6.45, 7) is 5.43. The maximum atomic E-state index is 5.90. The van der Waals surface area contributed by atoms with E-state index in [0.717, 1.165) is 30.0 Å². The number of anilines is 1. The van der Waals surface area contributed by atoms with Crippen LogP contribution in [-0.4, -0.2) is 21.1 Å². The minimum atomic E-state index is 0.236. The summed E-state index contributed by atoms with van der Waals surface area (Å²) in [5, 5.41) is 8.15. The molecule has 1 aliphatic rings. The summed E-state index contributed by atoms with van der Waals surface area (Å²) in [6, 6.07) is 1.78. The second kappa shape index (κ2) is 3.10. The molecule has 3 heterocycles. The van der Waals surface area contributed by atoms with Crippen LogP contribution in [0.3, 0.4) is 0 Å². The normalized spacial score (nSPS) is 18.2. The van der Waals surface area contributed by atoms with Crippen LogP contribution in [0, 0.1) is 5.41 Å². The predicted octanol–water partition coefficient (Wildman–Crippen LogP) is 2.38. The number of fused-ring (bicyclic) bond motifs is 3. The van der Waals surface area contributed by atoms with Crippen LogP contribution in [0.2, 0.25) is 5.15 Å². The van der Waals surface area contributed by atoms with E-state index in [4.69, 9.17) is 11.6 Å². The monoisotopic (exact) mass is 236 g/mol. The largest absolute Gasteiger partial charge is 0.382 e. The van der Waals surface area contributed by atoms with Crippen LogP contribution in [0.1, 0.15) is 19.5 Å². The lowest BCUT2D eigenvalue weighted by Crippen LogP contribution is -2.32. The first kappa shape index (κ1) is 9.90. The van der Waals surface area contributed by atoms with E-state index < -0.39 is 0 Å². The lowest BCUT2D eigenvalue weighted by molar-refractivity contribution is 0.370. The Bertz CT molecular complexity index is 558. The first-order chi connectivity index (χ1) is 7.55. The van der Waals surface area contributed by atoms with Crippen molar-refractivity contribution in [3.63, 3.8) is 0 Å². The first-order valence-electron chi connectivity index (χ1n) is 5.32. The zero-order chi connectivity index (χ0) is 11.3. The number of nitrogens with zero attached hydrogens (tertiary/aromatic N) is 3. The molecule has 0 saturated carbocycles. The number of aromatic nitrogens is 3. The van der Waals surface area contributed by atoms with Gasteiger partial charge in [0.2, 0.25) is 0 Å². The fraction of sp³-hybridized carbons (Fsp3) is 0.455. The van der Waals surface area contributed by atoms with Gasteiger partial charge in [0.25, 0.3) is 0 Å². The van der Waals surface area contributed by atoms with E-state index in [0.29, 0.717) is 5.15 Å². The summed E-state index contributed by atoms with van der Waals surface area (Å²) in [5.74, 6) is 0. The molecule has 1 N–H and O–H groups in total. The summed E-state index contributed by atoms with van der Waals surface area (Å²) in [7, 11) is 0. The van der Waals surface area contributed by atoms with Crippen LogP contribution < -0.4 is 5.32 Å². The molecule has 0 saturated heterocycles. The number of nitrogens with one attached hydrogen (secondary N) is 1. The van der Waals surface area contributed by atoms with Gasteiger partial charge in [0.05, 0.1) is 17.6 Å². The van der Waals surface area contributed by atoms with Gasteiger partial charge in [-0.2, -0.15) is 5.10 Å². The summed E-state index contributed by atoms with van der Waals surface area (Å²) in [5.41, 5.74) is 3.27. The van der Waals surface area contributed by atoms with Gasteiger partial charge in [-0.25, -0.2) is 9.50 Å². The molecular weight excluding hydrogens is 224 g/mol. The predicted molar refractivity (Wildman–Crippen MR) is 64.0 cm³/mol. The molecule has 1 aliphatic heterocycles. The van der Waals surface area contributed by atoms with Crippen molar-refractivity contribution >= 4 is 22.9 Å². The van der Waals surface area contributed by atoms with Gasteiger partial charge in [0.1, 0.15) is 0 Å². The molecule has 0 atom stereocenters. The van der Waals surface area contributed by atoms with E-state index in [1.807, 2.05) is 10.7 Å². The van der Waals surface area contributed by atoms with Crippen molar-refractivity contribution in [2.45, 2.75) is 20.3 Å². The Labute approximate surface area is 98.6 Å². The van der Waals surface area contributed by atoms with E-state index in [1.165, 1.54) is 0 Å². The van der Waals surface area contributed by atoms with Gasteiger partial charge in [0.15, 0.2) is 10.8 Å². The molecule has 16 heavy (non-hydrogen) atoms. The minimum absolute atomic E-state index is 0.236. The summed E-state index contributed by atoms with van der Waals surface area (Å²) >= 11 is 5.90. The van der Waals surface area contributed by atoms with Crippen molar-refractivity contribution in [2.75, 3.05) is 11.9 Å². The SMILES string of the molecule is CC1(C)CNc2cnc3cc(Cl)nn3c2C1. The average Bonchev–Trinajstić information content (AvgIpc) is 2.57. The Morgan fingerprint density at radius 3 is 3.12 bits per heavy atom. The molecule has 0 aliphatic carbocycles.